The van der Waals surface area contributed by atoms with Crippen molar-refractivity contribution in [3.8, 4) is 0 Å². The maximum absolute atomic E-state index is 12.1. The number of carbonyl (C=O) groups is 1. The van der Waals surface area contributed by atoms with Gasteiger partial charge in [-0.1, -0.05) is 25.4 Å². The summed E-state index contributed by atoms with van der Waals surface area (Å²) >= 11 is 6.53. The summed E-state index contributed by atoms with van der Waals surface area (Å²) in [4.78, 5) is 14.5. The molecule has 1 saturated heterocycles. The zero-order valence-corrected chi connectivity index (χ0v) is 18.6. The highest BCUT2D eigenvalue weighted by Gasteiger charge is 2.36. The normalized spacial score (nSPS) is 20.3. The first-order chi connectivity index (χ1) is 14.4. The van der Waals surface area contributed by atoms with E-state index in [2.05, 4.69) is 36.2 Å². The molecule has 0 aliphatic carbocycles. The second-order valence-corrected chi connectivity index (χ2v) is 9.11. The second-order valence-electron chi connectivity index (χ2n) is 8.68. The molecule has 1 atom stereocenters. The minimum Gasteiger partial charge on any atom is -0.462 e. The average molecular weight is 429 g/mol. The Bertz CT molecular complexity index is 938. The van der Waals surface area contributed by atoms with Crippen molar-refractivity contribution in [3.63, 3.8) is 0 Å². The fraction of sp³-hybridized carbons (Fsp3) is 0.458. The van der Waals surface area contributed by atoms with E-state index in [0.717, 1.165) is 54.7 Å². The van der Waals surface area contributed by atoms with Gasteiger partial charge >= 0.3 is 5.97 Å². The van der Waals surface area contributed by atoms with Crippen molar-refractivity contribution in [1.82, 2.24) is 0 Å². The number of carbonyl (C=O) groups excluding carboxylic acids is 1. The summed E-state index contributed by atoms with van der Waals surface area (Å²) in [6, 6.07) is 12.2. The minimum absolute atomic E-state index is 0.0623. The molecule has 0 aromatic heterocycles. The van der Waals surface area contributed by atoms with Gasteiger partial charge in [-0.25, -0.2) is 4.79 Å². The summed E-state index contributed by atoms with van der Waals surface area (Å²) in [7, 11) is 0. The predicted octanol–water partition coefficient (Wildman–Crippen LogP) is 5.09. The van der Waals surface area contributed by atoms with Gasteiger partial charge in [0.25, 0.3) is 0 Å². The first-order valence-electron chi connectivity index (χ1n) is 10.6. The Morgan fingerprint density at radius 1 is 1.23 bits per heavy atom. The number of hydrogen-bond donors (Lipinski definition) is 1. The maximum Gasteiger partial charge on any atom is 0.338 e. The van der Waals surface area contributed by atoms with Crippen LogP contribution in [0, 0.1) is 5.41 Å². The number of fused-ring (bicyclic) bond motifs is 1. The molecule has 1 fully saturated rings. The van der Waals surface area contributed by atoms with E-state index in [9.17, 15) is 4.79 Å². The molecule has 2 aliphatic rings. The summed E-state index contributed by atoms with van der Waals surface area (Å²) in [5.41, 5.74) is 5.05. The Morgan fingerprint density at radius 3 is 2.73 bits per heavy atom. The molecule has 1 N–H and O–H groups in total. The molecule has 0 amide bonds. The molecule has 160 valence electrons. The van der Waals surface area contributed by atoms with Crippen molar-refractivity contribution in [3.05, 3.63) is 58.1 Å². The lowest BCUT2D eigenvalue weighted by Gasteiger charge is -2.42. The number of ether oxygens (including phenoxy) is 2. The largest absolute Gasteiger partial charge is 0.462 e. The van der Waals surface area contributed by atoms with Crippen LogP contribution in [0.2, 0.25) is 5.02 Å². The molecule has 0 saturated carbocycles. The van der Waals surface area contributed by atoms with Gasteiger partial charge in [-0.3, -0.25) is 0 Å². The average Bonchev–Trinajstić information content (AvgIpc) is 2.72. The van der Waals surface area contributed by atoms with Gasteiger partial charge < -0.3 is 19.7 Å². The molecule has 2 heterocycles. The molecule has 6 heteroatoms. The quantitative estimate of drug-likeness (QED) is 0.687. The van der Waals surface area contributed by atoms with Crippen molar-refractivity contribution in [2.24, 2.45) is 5.41 Å². The molecule has 0 radical (unpaired) electrons. The third-order valence-electron chi connectivity index (χ3n) is 5.96. The summed E-state index contributed by atoms with van der Waals surface area (Å²) in [6.07, 6.45) is 0.854. The van der Waals surface area contributed by atoms with E-state index in [4.69, 9.17) is 21.1 Å². The van der Waals surface area contributed by atoms with Crippen LogP contribution < -0.4 is 10.2 Å². The van der Waals surface area contributed by atoms with E-state index in [0.29, 0.717) is 12.2 Å². The van der Waals surface area contributed by atoms with Crippen LogP contribution in [0.25, 0.3) is 0 Å². The standard InChI is InChI=1S/C24H29ClN2O3/c1-4-30-23(28)16-5-6-21-18(11-16)15-24(2,3)22(26-21)17-12-19(25)14-20(13-17)27-7-9-29-10-8-27/h5-6,11-14,22,26H,4,7-10,15H2,1-3H3. The van der Waals surface area contributed by atoms with E-state index in [1.54, 1.807) is 0 Å². The fourth-order valence-electron chi connectivity index (χ4n) is 4.47. The highest BCUT2D eigenvalue weighted by molar-refractivity contribution is 6.31. The van der Waals surface area contributed by atoms with E-state index >= 15 is 0 Å². The van der Waals surface area contributed by atoms with Crippen LogP contribution >= 0.6 is 11.6 Å². The molecule has 4 rings (SSSR count). The zero-order valence-electron chi connectivity index (χ0n) is 17.8. The lowest BCUT2D eigenvalue weighted by atomic mass is 9.72. The van der Waals surface area contributed by atoms with Gasteiger partial charge in [0.2, 0.25) is 0 Å². The van der Waals surface area contributed by atoms with Crippen molar-refractivity contribution in [2.75, 3.05) is 43.1 Å². The highest BCUT2D eigenvalue weighted by Crippen LogP contribution is 2.46. The number of benzene rings is 2. The molecular weight excluding hydrogens is 400 g/mol. The topological polar surface area (TPSA) is 50.8 Å². The monoisotopic (exact) mass is 428 g/mol. The number of rotatable bonds is 4. The van der Waals surface area contributed by atoms with Gasteiger partial charge in [-0.15, -0.1) is 0 Å². The van der Waals surface area contributed by atoms with Gasteiger partial charge in [-0.2, -0.15) is 0 Å². The smallest absolute Gasteiger partial charge is 0.338 e. The van der Waals surface area contributed by atoms with Crippen LogP contribution in [-0.2, 0) is 15.9 Å². The first kappa shape index (κ1) is 21.0. The Hall–Kier alpha value is -2.24. The Morgan fingerprint density at radius 2 is 2.00 bits per heavy atom. The molecule has 0 bridgehead atoms. The number of hydrogen-bond acceptors (Lipinski definition) is 5. The van der Waals surface area contributed by atoms with Gasteiger partial charge in [0.1, 0.15) is 0 Å². The van der Waals surface area contributed by atoms with Crippen LogP contribution in [0.1, 0.15) is 48.3 Å². The summed E-state index contributed by atoms with van der Waals surface area (Å²) in [6.45, 7) is 9.93. The lowest BCUT2D eigenvalue weighted by Crippen LogP contribution is -2.37. The van der Waals surface area contributed by atoms with Gasteiger partial charge in [0, 0.05) is 29.5 Å². The summed E-state index contributed by atoms with van der Waals surface area (Å²) < 4.78 is 10.6. The number of esters is 1. The number of anilines is 2. The number of morpholine rings is 1. The third kappa shape index (κ3) is 4.28. The molecule has 0 spiro atoms. The van der Waals surface area contributed by atoms with Gasteiger partial charge in [0.05, 0.1) is 31.4 Å². The molecule has 2 aromatic rings. The lowest BCUT2D eigenvalue weighted by molar-refractivity contribution is 0.0526. The molecule has 5 nitrogen and oxygen atoms in total. The number of nitrogens with one attached hydrogen (secondary N) is 1. The van der Waals surface area contributed by atoms with Gasteiger partial charge in [0.15, 0.2) is 0 Å². The fourth-order valence-corrected chi connectivity index (χ4v) is 4.71. The second kappa shape index (κ2) is 8.48. The van der Waals surface area contributed by atoms with Gasteiger partial charge in [-0.05, 0) is 66.3 Å². The predicted molar refractivity (Wildman–Crippen MR) is 121 cm³/mol. The van der Waals surface area contributed by atoms with Crippen molar-refractivity contribution >= 4 is 28.9 Å². The molecule has 2 aromatic carbocycles. The van der Waals surface area contributed by atoms with Crippen LogP contribution in [0.4, 0.5) is 11.4 Å². The van der Waals surface area contributed by atoms with E-state index in [1.165, 1.54) is 5.56 Å². The van der Waals surface area contributed by atoms with Crippen molar-refractivity contribution < 1.29 is 14.3 Å². The van der Waals surface area contributed by atoms with E-state index in [1.807, 2.05) is 31.2 Å². The van der Waals surface area contributed by atoms with E-state index in [-0.39, 0.29) is 17.4 Å². The molecular formula is C24H29ClN2O3. The third-order valence-corrected chi connectivity index (χ3v) is 6.18. The molecule has 1 unspecified atom stereocenters. The molecule has 2 aliphatic heterocycles. The van der Waals surface area contributed by atoms with Crippen LogP contribution in [-0.4, -0.2) is 38.9 Å². The Kier molecular flexibility index (Phi) is 5.94. The Balaban J connectivity index is 1.64. The minimum atomic E-state index is -0.273. The molecule has 30 heavy (non-hydrogen) atoms. The Labute approximate surface area is 183 Å². The number of nitrogens with zero attached hydrogens (tertiary/aromatic N) is 1. The first-order valence-corrected chi connectivity index (χ1v) is 10.9. The maximum atomic E-state index is 12.1. The number of halogens is 1. The summed E-state index contributed by atoms with van der Waals surface area (Å²) in [5, 5.41) is 4.45. The van der Waals surface area contributed by atoms with Crippen molar-refractivity contribution in [1.29, 1.82) is 0 Å². The van der Waals surface area contributed by atoms with Crippen LogP contribution in [0.15, 0.2) is 36.4 Å². The van der Waals surface area contributed by atoms with Crippen molar-refractivity contribution in [2.45, 2.75) is 33.2 Å². The van der Waals surface area contributed by atoms with Crippen LogP contribution in [0.3, 0.4) is 0 Å². The van der Waals surface area contributed by atoms with E-state index < -0.39 is 0 Å². The highest BCUT2D eigenvalue weighted by atomic mass is 35.5. The SMILES string of the molecule is CCOC(=O)c1ccc2c(c1)CC(C)(C)C(c1cc(Cl)cc(N3CCOCC3)c1)N2. The van der Waals surface area contributed by atoms with Crippen LogP contribution in [0.5, 0.6) is 0 Å². The zero-order chi connectivity index (χ0) is 21.3. The summed E-state index contributed by atoms with van der Waals surface area (Å²) in [5.74, 6) is -0.273.